The molecule has 0 unspecified atom stereocenters. The van der Waals surface area contributed by atoms with Crippen molar-refractivity contribution < 1.29 is 23.1 Å². The normalized spacial score (nSPS) is 22.8. The van der Waals surface area contributed by atoms with Gasteiger partial charge in [-0.3, -0.25) is 9.59 Å². The van der Waals surface area contributed by atoms with Gasteiger partial charge in [-0.2, -0.15) is 0 Å². The summed E-state index contributed by atoms with van der Waals surface area (Å²) in [4.78, 5) is 24.0. The number of hydrogen-bond donors (Lipinski definition) is 2. The number of carboxylic acids is 1. The minimum atomic E-state index is -3.34. The molecule has 0 aromatic carbocycles. The van der Waals surface area contributed by atoms with E-state index in [0.29, 0.717) is 12.8 Å². The van der Waals surface area contributed by atoms with Gasteiger partial charge in [0.25, 0.3) is 5.91 Å². The Balaban J connectivity index is 2.12. The second-order valence-electron chi connectivity index (χ2n) is 5.58. The van der Waals surface area contributed by atoms with Gasteiger partial charge in [-0.15, -0.1) is 11.3 Å². The molecule has 22 heavy (non-hydrogen) atoms. The summed E-state index contributed by atoms with van der Waals surface area (Å²) in [6, 6.07) is 0.929. The van der Waals surface area contributed by atoms with Crippen molar-refractivity contribution in [1.29, 1.82) is 0 Å². The van der Waals surface area contributed by atoms with Crippen molar-refractivity contribution in [2.24, 2.45) is 5.92 Å². The molecule has 2 atom stereocenters. The fraction of sp³-hybridized carbons (Fsp3) is 0.571. The van der Waals surface area contributed by atoms with Crippen molar-refractivity contribution in [2.75, 3.05) is 6.26 Å². The number of nitrogens with one attached hydrogen (secondary N) is 1. The number of aliphatic carboxylic acids is 1. The number of thiophene rings is 1. The van der Waals surface area contributed by atoms with E-state index in [-0.39, 0.29) is 9.77 Å². The molecule has 1 amide bonds. The van der Waals surface area contributed by atoms with E-state index in [1.165, 1.54) is 11.4 Å². The number of rotatable bonds is 4. The molecule has 1 aromatic heterocycles. The first-order valence-corrected chi connectivity index (χ1v) is 9.88. The number of carbonyl (C=O) groups excluding carboxylic acids is 1. The number of carbonyl (C=O) groups is 2. The van der Waals surface area contributed by atoms with Crippen LogP contribution in [0.1, 0.15) is 41.8 Å². The molecular weight excluding hydrogens is 326 g/mol. The van der Waals surface area contributed by atoms with E-state index in [0.717, 1.165) is 36.9 Å². The third kappa shape index (κ3) is 4.07. The van der Waals surface area contributed by atoms with Crippen LogP contribution in [0.25, 0.3) is 0 Å². The Kier molecular flexibility index (Phi) is 5.23. The highest BCUT2D eigenvalue weighted by Gasteiger charge is 2.31. The SMILES string of the molecule is CS(=O)(=O)c1csc(C(=O)N[C@H]2CCCCC[C@H]2C(=O)O)c1. The summed E-state index contributed by atoms with van der Waals surface area (Å²) >= 11 is 1.05. The largest absolute Gasteiger partial charge is 0.481 e. The standard InChI is InChI=1S/C14H19NO5S2/c1-22(19,20)9-7-12(21-8-9)13(16)15-11-6-4-2-3-5-10(11)14(17)18/h7-8,10-11H,2-6H2,1H3,(H,15,16)(H,17,18)/t10-,11+/m1/s1. The van der Waals surface area contributed by atoms with Crippen LogP contribution in [0.15, 0.2) is 16.3 Å². The zero-order valence-electron chi connectivity index (χ0n) is 12.2. The Morgan fingerprint density at radius 1 is 1.27 bits per heavy atom. The Bertz CT molecular complexity index is 665. The van der Waals surface area contributed by atoms with E-state index < -0.39 is 33.7 Å². The van der Waals surface area contributed by atoms with Crippen LogP contribution in [-0.4, -0.2) is 37.7 Å². The molecule has 1 saturated carbocycles. The molecule has 1 fully saturated rings. The predicted octanol–water partition coefficient (Wildman–Crippen LogP) is 1.91. The molecule has 122 valence electrons. The third-order valence-electron chi connectivity index (χ3n) is 3.88. The van der Waals surface area contributed by atoms with Gasteiger partial charge in [-0.1, -0.05) is 19.3 Å². The van der Waals surface area contributed by atoms with Gasteiger partial charge < -0.3 is 10.4 Å². The first kappa shape index (κ1) is 17.0. The zero-order valence-corrected chi connectivity index (χ0v) is 13.9. The fourth-order valence-corrected chi connectivity index (χ4v) is 4.57. The van der Waals surface area contributed by atoms with Gasteiger partial charge >= 0.3 is 5.97 Å². The number of hydrogen-bond acceptors (Lipinski definition) is 5. The summed E-state index contributed by atoms with van der Waals surface area (Å²) in [5.41, 5.74) is 0. The molecule has 0 aliphatic heterocycles. The van der Waals surface area contributed by atoms with Gasteiger partial charge in [0.05, 0.1) is 15.7 Å². The number of sulfone groups is 1. The van der Waals surface area contributed by atoms with Crippen molar-refractivity contribution in [3.8, 4) is 0 Å². The van der Waals surface area contributed by atoms with Gasteiger partial charge in [0.1, 0.15) is 0 Å². The lowest BCUT2D eigenvalue weighted by atomic mass is 9.95. The number of carboxylic acid groups (broad SMARTS) is 1. The number of amides is 1. The molecule has 1 aliphatic rings. The lowest BCUT2D eigenvalue weighted by molar-refractivity contribution is -0.142. The van der Waals surface area contributed by atoms with Gasteiger partial charge in [0, 0.05) is 17.7 Å². The summed E-state index contributed by atoms with van der Waals surface area (Å²) in [6.45, 7) is 0. The van der Waals surface area contributed by atoms with E-state index in [1.54, 1.807) is 0 Å². The molecular formula is C14H19NO5S2. The molecule has 0 radical (unpaired) electrons. The first-order valence-electron chi connectivity index (χ1n) is 7.11. The van der Waals surface area contributed by atoms with E-state index in [2.05, 4.69) is 5.32 Å². The van der Waals surface area contributed by atoms with E-state index in [4.69, 9.17) is 0 Å². The minimum Gasteiger partial charge on any atom is -0.481 e. The van der Waals surface area contributed by atoms with Gasteiger partial charge in [0.2, 0.25) is 0 Å². The van der Waals surface area contributed by atoms with E-state index >= 15 is 0 Å². The molecule has 0 spiro atoms. The average molecular weight is 345 g/mol. The van der Waals surface area contributed by atoms with Crippen LogP contribution in [0.5, 0.6) is 0 Å². The van der Waals surface area contributed by atoms with Crippen LogP contribution in [-0.2, 0) is 14.6 Å². The third-order valence-corrected chi connectivity index (χ3v) is 6.05. The Morgan fingerprint density at radius 2 is 1.95 bits per heavy atom. The summed E-state index contributed by atoms with van der Waals surface area (Å²) in [6.07, 6.45) is 4.97. The molecule has 0 bridgehead atoms. The van der Waals surface area contributed by atoms with Crippen LogP contribution < -0.4 is 5.32 Å². The summed E-state index contributed by atoms with van der Waals surface area (Å²) in [5.74, 6) is -1.88. The molecule has 6 nitrogen and oxygen atoms in total. The zero-order chi connectivity index (χ0) is 16.3. The van der Waals surface area contributed by atoms with Gasteiger partial charge in [0.15, 0.2) is 9.84 Å². The molecule has 1 aliphatic carbocycles. The minimum absolute atomic E-state index is 0.110. The summed E-state index contributed by atoms with van der Waals surface area (Å²) in [7, 11) is -3.34. The van der Waals surface area contributed by atoms with Crippen LogP contribution in [0.3, 0.4) is 0 Å². The van der Waals surface area contributed by atoms with Gasteiger partial charge in [-0.25, -0.2) is 8.42 Å². The lowest BCUT2D eigenvalue weighted by Crippen LogP contribution is -2.42. The van der Waals surface area contributed by atoms with Crippen molar-refractivity contribution in [3.63, 3.8) is 0 Å². The van der Waals surface area contributed by atoms with E-state index in [9.17, 15) is 23.1 Å². The topological polar surface area (TPSA) is 101 Å². The highest BCUT2D eigenvalue weighted by atomic mass is 32.2. The van der Waals surface area contributed by atoms with Crippen molar-refractivity contribution in [3.05, 3.63) is 16.3 Å². The summed E-state index contributed by atoms with van der Waals surface area (Å²) in [5, 5.41) is 13.5. The summed E-state index contributed by atoms with van der Waals surface area (Å²) < 4.78 is 22.9. The highest BCUT2D eigenvalue weighted by Crippen LogP contribution is 2.25. The molecule has 1 heterocycles. The fourth-order valence-electron chi connectivity index (χ4n) is 2.65. The van der Waals surface area contributed by atoms with Crippen molar-refractivity contribution in [1.82, 2.24) is 5.32 Å². The second-order valence-corrected chi connectivity index (χ2v) is 8.51. The Morgan fingerprint density at radius 3 is 2.55 bits per heavy atom. The molecule has 2 N–H and O–H groups in total. The molecule has 1 aromatic rings. The van der Waals surface area contributed by atoms with Crippen LogP contribution in [0.4, 0.5) is 0 Å². The highest BCUT2D eigenvalue weighted by molar-refractivity contribution is 7.90. The lowest BCUT2D eigenvalue weighted by Gasteiger charge is -2.22. The van der Waals surface area contributed by atoms with Crippen LogP contribution in [0.2, 0.25) is 0 Å². The predicted molar refractivity (Wildman–Crippen MR) is 82.9 cm³/mol. The van der Waals surface area contributed by atoms with Crippen molar-refractivity contribution in [2.45, 2.75) is 43.0 Å². The Hall–Kier alpha value is -1.41. The van der Waals surface area contributed by atoms with Crippen LogP contribution in [0, 0.1) is 5.92 Å². The van der Waals surface area contributed by atoms with Crippen molar-refractivity contribution >= 4 is 33.1 Å². The maximum absolute atomic E-state index is 12.2. The van der Waals surface area contributed by atoms with Gasteiger partial charge in [-0.05, 0) is 18.9 Å². The monoisotopic (exact) mass is 345 g/mol. The maximum atomic E-state index is 12.2. The van der Waals surface area contributed by atoms with Crippen LogP contribution >= 0.6 is 11.3 Å². The smallest absolute Gasteiger partial charge is 0.308 e. The Labute approximate surface area is 133 Å². The molecule has 0 saturated heterocycles. The second kappa shape index (κ2) is 6.78. The first-order chi connectivity index (χ1) is 10.3. The quantitative estimate of drug-likeness (QED) is 0.812. The van der Waals surface area contributed by atoms with E-state index in [1.807, 2.05) is 0 Å². The molecule has 8 heteroatoms. The maximum Gasteiger partial charge on any atom is 0.308 e. The molecule has 2 rings (SSSR count). The average Bonchev–Trinajstić information content (AvgIpc) is 2.81.